The van der Waals surface area contributed by atoms with Crippen molar-refractivity contribution in [2.24, 2.45) is 0 Å². The van der Waals surface area contributed by atoms with Crippen molar-refractivity contribution < 1.29 is 23.7 Å². The summed E-state index contributed by atoms with van der Waals surface area (Å²) in [5.41, 5.74) is 0. The van der Waals surface area contributed by atoms with E-state index in [-0.39, 0.29) is 27.1 Å². The summed E-state index contributed by atoms with van der Waals surface area (Å²) in [6.07, 6.45) is 1.65. The third kappa shape index (κ3) is 9.98. The van der Waals surface area contributed by atoms with E-state index in [0.29, 0.717) is 39.6 Å². The molecule has 0 saturated carbocycles. The SMILES string of the molecule is C.C.C=CCOCC(COCC1COC(C)(C)O1)OCC. The van der Waals surface area contributed by atoms with Crippen LogP contribution < -0.4 is 0 Å². The molecule has 0 aromatic rings. The van der Waals surface area contributed by atoms with Gasteiger partial charge < -0.3 is 23.7 Å². The summed E-state index contributed by atoms with van der Waals surface area (Å²) in [6, 6.07) is 0. The highest BCUT2D eigenvalue weighted by molar-refractivity contribution is 4.70. The second-order valence-electron chi connectivity index (χ2n) is 4.89. The third-order valence-corrected chi connectivity index (χ3v) is 2.62. The normalized spacial score (nSPS) is 21.2. The zero-order valence-corrected chi connectivity index (χ0v) is 12.2. The Morgan fingerprint density at radius 1 is 1.29 bits per heavy atom. The van der Waals surface area contributed by atoms with Gasteiger partial charge in [0, 0.05) is 6.61 Å². The molecular formula is C16H34O5. The van der Waals surface area contributed by atoms with E-state index in [1.54, 1.807) is 6.08 Å². The lowest BCUT2D eigenvalue weighted by Crippen LogP contribution is -2.29. The molecule has 0 aromatic carbocycles. The lowest BCUT2D eigenvalue weighted by molar-refractivity contribution is -0.147. The Bertz CT molecular complexity index is 255. The fourth-order valence-corrected chi connectivity index (χ4v) is 1.84. The van der Waals surface area contributed by atoms with Gasteiger partial charge in [-0.05, 0) is 20.8 Å². The molecule has 5 nitrogen and oxygen atoms in total. The Morgan fingerprint density at radius 2 is 1.95 bits per heavy atom. The maximum Gasteiger partial charge on any atom is 0.163 e. The molecule has 1 aliphatic heterocycles. The molecule has 1 rings (SSSR count). The quantitative estimate of drug-likeness (QED) is 0.458. The fourth-order valence-electron chi connectivity index (χ4n) is 1.84. The van der Waals surface area contributed by atoms with Crippen molar-refractivity contribution in [2.75, 3.05) is 39.6 Å². The minimum absolute atomic E-state index is 0. The van der Waals surface area contributed by atoms with Gasteiger partial charge in [-0.25, -0.2) is 0 Å². The number of hydrogen-bond acceptors (Lipinski definition) is 5. The van der Waals surface area contributed by atoms with E-state index in [9.17, 15) is 0 Å². The lowest BCUT2D eigenvalue weighted by atomic mass is 10.3. The molecule has 1 aliphatic rings. The Morgan fingerprint density at radius 3 is 2.48 bits per heavy atom. The van der Waals surface area contributed by atoms with Crippen molar-refractivity contribution in [1.29, 1.82) is 0 Å². The van der Waals surface area contributed by atoms with Crippen molar-refractivity contribution in [2.45, 2.75) is 53.6 Å². The molecule has 0 N–H and O–H groups in total. The van der Waals surface area contributed by atoms with E-state index in [0.717, 1.165) is 0 Å². The van der Waals surface area contributed by atoms with Crippen molar-refractivity contribution in [1.82, 2.24) is 0 Å². The molecule has 5 heteroatoms. The van der Waals surface area contributed by atoms with E-state index in [1.807, 2.05) is 20.8 Å². The van der Waals surface area contributed by atoms with Gasteiger partial charge in [-0.1, -0.05) is 20.9 Å². The number of hydrogen-bond donors (Lipinski definition) is 0. The maximum absolute atomic E-state index is 5.66. The average Bonchev–Trinajstić information content (AvgIpc) is 2.69. The van der Waals surface area contributed by atoms with Gasteiger partial charge >= 0.3 is 0 Å². The van der Waals surface area contributed by atoms with Crippen LogP contribution in [0.25, 0.3) is 0 Å². The summed E-state index contributed by atoms with van der Waals surface area (Å²) >= 11 is 0. The van der Waals surface area contributed by atoms with E-state index in [4.69, 9.17) is 23.7 Å². The summed E-state index contributed by atoms with van der Waals surface area (Å²) in [6.45, 7) is 12.6. The molecule has 1 saturated heterocycles. The summed E-state index contributed by atoms with van der Waals surface area (Å²) in [7, 11) is 0. The van der Waals surface area contributed by atoms with E-state index >= 15 is 0 Å². The van der Waals surface area contributed by atoms with Gasteiger partial charge in [0.25, 0.3) is 0 Å². The summed E-state index contributed by atoms with van der Waals surface area (Å²) in [4.78, 5) is 0. The molecule has 1 heterocycles. The van der Waals surface area contributed by atoms with Crippen molar-refractivity contribution >= 4 is 0 Å². The van der Waals surface area contributed by atoms with Gasteiger partial charge in [0.05, 0.1) is 33.0 Å². The van der Waals surface area contributed by atoms with Gasteiger partial charge in [-0.2, -0.15) is 0 Å². The van der Waals surface area contributed by atoms with Crippen LogP contribution in [0.3, 0.4) is 0 Å². The first-order chi connectivity index (χ1) is 9.07. The molecular weight excluding hydrogens is 272 g/mol. The highest BCUT2D eigenvalue weighted by Gasteiger charge is 2.32. The fraction of sp³-hybridized carbons (Fsp3) is 0.875. The standard InChI is InChI=1S/C14H26O5.2CH4/c1-5-7-15-8-12(17-6-2)9-16-10-13-11-18-14(3,4)19-13;;/h5,12-13H,1,6-11H2,2-4H3;2*1H4. The smallest absolute Gasteiger partial charge is 0.163 e. The lowest BCUT2D eigenvalue weighted by Gasteiger charge is -2.19. The van der Waals surface area contributed by atoms with Gasteiger partial charge in [-0.3, -0.25) is 0 Å². The Kier molecular flexibility index (Phi) is 13.2. The molecule has 0 aromatic heterocycles. The molecule has 128 valence electrons. The largest absolute Gasteiger partial charge is 0.376 e. The average molecular weight is 306 g/mol. The number of rotatable bonds is 10. The van der Waals surface area contributed by atoms with Crippen molar-refractivity contribution in [3.05, 3.63) is 12.7 Å². The molecule has 0 bridgehead atoms. The predicted molar refractivity (Wildman–Crippen MR) is 85.6 cm³/mol. The molecule has 0 radical (unpaired) electrons. The summed E-state index contributed by atoms with van der Waals surface area (Å²) in [5, 5.41) is 0. The second-order valence-corrected chi connectivity index (χ2v) is 4.89. The monoisotopic (exact) mass is 306 g/mol. The van der Waals surface area contributed by atoms with E-state index in [2.05, 4.69) is 6.58 Å². The second kappa shape index (κ2) is 12.1. The van der Waals surface area contributed by atoms with E-state index < -0.39 is 5.79 Å². The van der Waals surface area contributed by atoms with Gasteiger partial charge in [0.1, 0.15) is 12.2 Å². The Balaban J connectivity index is 0. The first-order valence-corrected chi connectivity index (χ1v) is 6.77. The van der Waals surface area contributed by atoms with Crippen LogP contribution >= 0.6 is 0 Å². The summed E-state index contributed by atoms with van der Waals surface area (Å²) in [5.74, 6) is -0.500. The van der Waals surface area contributed by atoms with Crippen LogP contribution in [-0.2, 0) is 23.7 Å². The van der Waals surface area contributed by atoms with Crippen molar-refractivity contribution in [3.8, 4) is 0 Å². The minimum Gasteiger partial charge on any atom is -0.376 e. The van der Waals surface area contributed by atoms with E-state index in [1.165, 1.54) is 0 Å². The zero-order valence-electron chi connectivity index (χ0n) is 12.2. The van der Waals surface area contributed by atoms with Crippen LogP contribution in [0, 0.1) is 0 Å². The maximum atomic E-state index is 5.66. The van der Waals surface area contributed by atoms with Crippen molar-refractivity contribution in [3.63, 3.8) is 0 Å². The van der Waals surface area contributed by atoms with Crippen LogP contribution in [0.4, 0.5) is 0 Å². The highest BCUT2D eigenvalue weighted by Crippen LogP contribution is 2.22. The first kappa shape index (κ1) is 22.8. The van der Waals surface area contributed by atoms with Gasteiger partial charge in [0.15, 0.2) is 5.79 Å². The first-order valence-electron chi connectivity index (χ1n) is 6.77. The number of ether oxygens (including phenoxy) is 5. The summed E-state index contributed by atoms with van der Waals surface area (Å²) < 4.78 is 27.7. The minimum atomic E-state index is -0.500. The topological polar surface area (TPSA) is 46.2 Å². The highest BCUT2D eigenvalue weighted by atomic mass is 16.7. The van der Waals surface area contributed by atoms with Crippen LogP contribution in [0.15, 0.2) is 12.7 Å². The van der Waals surface area contributed by atoms with Crippen LogP contribution in [0.5, 0.6) is 0 Å². The predicted octanol–water partition coefficient (Wildman–Crippen LogP) is 3.03. The van der Waals surface area contributed by atoms with Gasteiger partial charge in [0.2, 0.25) is 0 Å². The van der Waals surface area contributed by atoms with Crippen LogP contribution in [-0.4, -0.2) is 57.6 Å². The zero-order chi connectivity index (χ0) is 14.1. The van der Waals surface area contributed by atoms with Gasteiger partial charge in [-0.15, -0.1) is 6.58 Å². The molecule has 0 amide bonds. The molecule has 0 aliphatic carbocycles. The third-order valence-electron chi connectivity index (χ3n) is 2.62. The molecule has 2 unspecified atom stereocenters. The Hall–Kier alpha value is -0.460. The Labute approximate surface area is 130 Å². The molecule has 21 heavy (non-hydrogen) atoms. The van der Waals surface area contributed by atoms with Crippen LogP contribution in [0.2, 0.25) is 0 Å². The van der Waals surface area contributed by atoms with Crippen LogP contribution in [0.1, 0.15) is 35.6 Å². The molecule has 0 spiro atoms. The molecule has 2 atom stereocenters. The molecule has 1 fully saturated rings.